The number of rotatable bonds is 4. The average Bonchev–Trinajstić information content (AvgIpc) is 2.93. The number of carboxylic acids is 1. The van der Waals surface area contributed by atoms with Crippen LogP contribution in [0.15, 0.2) is 52.9 Å². The predicted octanol–water partition coefficient (Wildman–Crippen LogP) is 3.92. The average molecular weight is 294 g/mol. The van der Waals surface area contributed by atoms with Gasteiger partial charge in [0.15, 0.2) is 5.76 Å². The maximum atomic E-state index is 12.6. The molecule has 0 saturated carbocycles. The summed E-state index contributed by atoms with van der Waals surface area (Å²) in [5.41, 5.74) is 1.59. The van der Waals surface area contributed by atoms with Crippen LogP contribution in [0.3, 0.4) is 0 Å². The number of para-hydroxylation sites is 1. The van der Waals surface area contributed by atoms with E-state index in [4.69, 9.17) is 4.42 Å². The first-order valence-corrected chi connectivity index (χ1v) is 7.01. The second kappa shape index (κ2) is 5.48. The van der Waals surface area contributed by atoms with E-state index in [9.17, 15) is 14.7 Å². The third-order valence-electron chi connectivity index (χ3n) is 3.64. The topological polar surface area (TPSA) is 67.5 Å². The summed E-state index contributed by atoms with van der Waals surface area (Å²) in [5.74, 6) is -1.08. The van der Waals surface area contributed by atoms with Gasteiger partial charge >= 0.3 is 5.97 Å². The summed E-state index contributed by atoms with van der Waals surface area (Å²) in [4.78, 5) is 24.0. The molecule has 1 N–H and O–H groups in total. The lowest BCUT2D eigenvalue weighted by atomic mass is 10.0. The Morgan fingerprint density at radius 1 is 1.05 bits per heavy atom. The van der Waals surface area contributed by atoms with Gasteiger partial charge in [-0.3, -0.25) is 4.79 Å². The number of fused-ring (bicyclic) bond motifs is 1. The molecule has 3 rings (SSSR count). The molecule has 0 spiro atoms. The van der Waals surface area contributed by atoms with Crippen molar-refractivity contribution in [1.29, 1.82) is 0 Å². The number of benzene rings is 2. The van der Waals surface area contributed by atoms with Gasteiger partial charge in [-0.15, -0.1) is 0 Å². The number of carbonyl (C=O) groups excluding carboxylic acids is 1. The van der Waals surface area contributed by atoms with Crippen molar-refractivity contribution in [1.82, 2.24) is 0 Å². The first kappa shape index (κ1) is 14.1. The van der Waals surface area contributed by atoms with Crippen LogP contribution in [0, 0.1) is 0 Å². The Morgan fingerprint density at radius 2 is 1.77 bits per heavy atom. The molecule has 2 aromatic carbocycles. The smallest absolute Gasteiger partial charge is 0.339 e. The molecule has 0 aliphatic carbocycles. The van der Waals surface area contributed by atoms with Crippen molar-refractivity contribution in [3.05, 3.63) is 71.0 Å². The monoisotopic (exact) mass is 294 g/mol. The molecule has 0 fully saturated rings. The number of aryl methyl sites for hydroxylation is 1. The van der Waals surface area contributed by atoms with E-state index < -0.39 is 5.97 Å². The fraction of sp³-hybridized carbons (Fsp3) is 0.111. The quantitative estimate of drug-likeness (QED) is 0.740. The summed E-state index contributed by atoms with van der Waals surface area (Å²) >= 11 is 0. The zero-order valence-electron chi connectivity index (χ0n) is 12.0. The van der Waals surface area contributed by atoms with E-state index in [1.54, 1.807) is 36.4 Å². The molecule has 0 aliphatic heterocycles. The summed E-state index contributed by atoms with van der Waals surface area (Å²) in [6.45, 7) is 1.92. The van der Waals surface area contributed by atoms with Gasteiger partial charge in [-0.1, -0.05) is 49.4 Å². The Bertz CT molecular complexity index is 859. The van der Waals surface area contributed by atoms with Crippen molar-refractivity contribution in [3.63, 3.8) is 0 Å². The van der Waals surface area contributed by atoms with Crippen LogP contribution in [-0.2, 0) is 6.42 Å². The fourth-order valence-electron chi connectivity index (χ4n) is 2.59. The second-order valence-electron chi connectivity index (χ2n) is 4.95. The molecule has 4 nitrogen and oxygen atoms in total. The molecule has 3 aromatic rings. The number of ketones is 1. The van der Waals surface area contributed by atoms with E-state index in [-0.39, 0.29) is 22.7 Å². The highest BCUT2D eigenvalue weighted by molar-refractivity contribution is 6.12. The molecule has 22 heavy (non-hydrogen) atoms. The molecule has 0 saturated heterocycles. The number of carboxylic acid groups (broad SMARTS) is 1. The normalized spacial score (nSPS) is 10.8. The van der Waals surface area contributed by atoms with E-state index in [0.29, 0.717) is 17.4 Å². The Hall–Kier alpha value is -2.88. The highest BCUT2D eigenvalue weighted by atomic mass is 16.4. The fourth-order valence-corrected chi connectivity index (χ4v) is 2.59. The van der Waals surface area contributed by atoms with Crippen LogP contribution in [0.2, 0.25) is 0 Å². The van der Waals surface area contributed by atoms with Gasteiger partial charge in [-0.05, 0) is 12.5 Å². The molecule has 0 unspecified atom stereocenters. The first-order chi connectivity index (χ1) is 10.6. The molecular formula is C18H14O4. The van der Waals surface area contributed by atoms with Gasteiger partial charge in [0.2, 0.25) is 5.78 Å². The standard InChI is InChI=1S/C18H14O4/c1-2-12-13-9-6-10-14(18(20)21)16(13)22-17(12)15(19)11-7-4-3-5-8-11/h3-10H,2H2,1H3,(H,20,21). The van der Waals surface area contributed by atoms with Crippen LogP contribution in [0.25, 0.3) is 11.0 Å². The lowest BCUT2D eigenvalue weighted by Gasteiger charge is -1.99. The predicted molar refractivity (Wildman–Crippen MR) is 82.4 cm³/mol. The molecule has 1 aromatic heterocycles. The minimum Gasteiger partial charge on any atom is -0.478 e. The van der Waals surface area contributed by atoms with Crippen LogP contribution >= 0.6 is 0 Å². The van der Waals surface area contributed by atoms with Gasteiger partial charge in [0, 0.05) is 16.5 Å². The second-order valence-corrected chi connectivity index (χ2v) is 4.95. The minimum atomic E-state index is -1.07. The SMILES string of the molecule is CCc1c(C(=O)c2ccccc2)oc2c(C(=O)O)cccc12. The van der Waals surface area contributed by atoms with Gasteiger partial charge < -0.3 is 9.52 Å². The third kappa shape index (κ3) is 2.19. The number of furan rings is 1. The highest BCUT2D eigenvalue weighted by Crippen LogP contribution is 2.30. The molecule has 0 amide bonds. The summed E-state index contributed by atoms with van der Waals surface area (Å²) in [6, 6.07) is 13.8. The summed E-state index contributed by atoms with van der Waals surface area (Å²) in [5, 5.41) is 9.95. The molecule has 0 atom stereocenters. The van der Waals surface area contributed by atoms with Gasteiger partial charge in [0.25, 0.3) is 0 Å². The van der Waals surface area contributed by atoms with Crippen LogP contribution in [-0.4, -0.2) is 16.9 Å². The molecule has 0 aliphatic rings. The maximum Gasteiger partial charge on any atom is 0.339 e. The summed E-state index contributed by atoms with van der Waals surface area (Å²) in [7, 11) is 0. The molecule has 1 heterocycles. The number of aromatic carboxylic acids is 1. The van der Waals surface area contributed by atoms with Gasteiger partial charge in [-0.25, -0.2) is 4.79 Å². The number of hydrogen-bond donors (Lipinski definition) is 1. The van der Waals surface area contributed by atoms with Crippen molar-refractivity contribution in [2.75, 3.05) is 0 Å². The van der Waals surface area contributed by atoms with Crippen LogP contribution < -0.4 is 0 Å². The van der Waals surface area contributed by atoms with Gasteiger partial charge in [0.05, 0.1) is 0 Å². The first-order valence-electron chi connectivity index (χ1n) is 7.01. The van der Waals surface area contributed by atoms with E-state index in [1.807, 2.05) is 13.0 Å². The van der Waals surface area contributed by atoms with Crippen molar-refractivity contribution in [2.45, 2.75) is 13.3 Å². The van der Waals surface area contributed by atoms with E-state index in [0.717, 1.165) is 5.56 Å². The lowest BCUT2D eigenvalue weighted by molar-refractivity contribution is 0.0697. The molecule has 4 heteroatoms. The van der Waals surface area contributed by atoms with Gasteiger partial charge in [-0.2, -0.15) is 0 Å². The molecular weight excluding hydrogens is 280 g/mol. The Balaban J connectivity index is 2.24. The van der Waals surface area contributed by atoms with E-state index in [2.05, 4.69) is 0 Å². The maximum absolute atomic E-state index is 12.6. The summed E-state index contributed by atoms with van der Waals surface area (Å²) < 4.78 is 5.67. The van der Waals surface area contributed by atoms with E-state index in [1.165, 1.54) is 6.07 Å². The zero-order valence-corrected chi connectivity index (χ0v) is 12.0. The van der Waals surface area contributed by atoms with Crippen molar-refractivity contribution >= 4 is 22.7 Å². The van der Waals surface area contributed by atoms with Crippen LogP contribution in [0.4, 0.5) is 0 Å². The third-order valence-corrected chi connectivity index (χ3v) is 3.64. The van der Waals surface area contributed by atoms with Crippen molar-refractivity contribution < 1.29 is 19.1 Å². The largest absolute Gasteiger partial charge is 0.478 e. The lowest BCUT2D eigenvalue weighted by Crippen LogP contribution is -2.02. The number of hydrogen-bond acceptors (Lipinski definition) is 3. The molecule has 0 radical (unpaired) electrons. The van der Waals surface area contributed by atoms with Gasteiger partial charge in [0.1, 0.15) is 11.1 Å². The number of carbonyl (C=O) groups is 2. The van der Waals surface area contributed by atoms with Crippen molar-refractivity contribution in [2.24, 2.45) is 0 Å². The van der Waals surface area contributed by atoms with Crippen molar-refractivity contribution in [3.8, 4) is 0 Å². The highest BCUT2D eigenvalue weighted by Gasteiger charge is 2.23. The Labute approximate surface area is 127 Å². The summed E-state index contributed by atoms with van der Waals surface area (Å²) in [6.07, 6.45) is 0.587. The van der Waals surface area contributed by atoms with Crippen LogP contribution in [0.5, 0.6) is 0 Å². The molecule has 0 bridgehead atoms. The Morgan fingerprint density at radius 3 is 2.41 bits per heavy atom. The minimum absolute atomic E-state index is 0.0688. The molecule has 110 valence electrons. The van der Waals surface area contributed by atoms with Crippen LogP contribution in [0.1, 0.15) is 39.0 Å². The zero-order chi connectivity index (χ0) is 15.7. The Kier molecular flexibility index (Phi) is 3.51. The van der Waals surface area contributed by atoms with E-state index >= 15 is 0 Å².